The first-order chi connectivity index (χ1) is 16.3. The molecule has 1 aromatic heterocycles. The van der Waals surface area contributed by atoms with E-state index in [0.29, 0.717) is 39.1 Å². The predicted octanol–water partition coefficient (Wildman–Crippen LogP) is 3.03. The Morgan fingerprint density at radius 1 is 1.21 bits per heavy atom. The SMILES string of the molecule is CC(=O)Oc1ccc(-c2c([N+]34CCCC3CNCC4)c(F)cc3c(=O)c(C(=O)O)c[nH]c23)cc1. The molecule has 0 amide bonds. The van der Waals surface area contributed by atoms with Crippen LogP contribution < -0.4 is 20.0 Å². The lowest BCUT2D eigenvalue weighted by molar-refractivity contribution is -0.131. The van der Waals surface area contributed by atoms with Crippen molar-refractivity contribution in [1.82, 2.24) is 14.8 Å². The molecule has 0 bridgehead atoms. The quantitative estimate of drug-likeness (QED) is 0.310. The van der Waals surface area contributed by atoms with Crippen molar-refractivity contribution in [3.8, 4) is 16.9 Å². The number of carbonyl (C=O) groups excluding carboxylic acids is 1. The summed E-state index contributed by atoms with van der Waals surface area (Å²) in [6, 6.07) is 8.08. The Bertz CT molecular complexity index is 1370. The molecule has 9 heteroatoms. The van der Waals surface area contributed by atoms with E-state index in [1.807, 2.05) is 0 Å². The van der Waals surface area contributed by atoms with Gasteiger partial charge in [0.1, 0.15) is 17.4 Å². The van der Waals surface area contributed by atoms with Gasteiger partial charge in [0.05, 0.1) is 29.6 Å². The fourth-order valence-corrected chi connectivity index (χ4v) is 5.62. The smallest absolute Gasteiger partial charge is 0.341 e. The van der Waals surface area contributed by atoms with E-state index in [1.165, 1.54) is 19.2 Å². The van der Waals surface area contributed by atoms with Gasteiger partial charge in [-0.3, -0.25) is 14.1 Å². The highest BCUT2D eigenvalue weighted by atomic mass is 19.1. The molecule has 8 nitrogen and oxygen atoms in total. The lowest BCUT2D eigenvalue weighted by Gasteiger charge is -2.44. The van der Waals surface area contributed by atoms with Crippen molar-refractivity contribution in [2.24, 2.45) is 0 Å². The summed E-state index contributed by atoms with van der Waals surface area (Å²) in [6.45, 7) is 4.32. The maximum absolute atomic E-state index is 16.0. The van der Waals surface area contributed by atoms with Gasteiger partial charge in [0, 0.05) is 39.1 Å². The second kappa shape index (κ2) is 8.34. The zero-order valence-corrected chi connectivity index (χ0v) is 18.7. The number of hydrogen-bond donors (Lipinski definition) is 3. The number of H-pyrrole nitrogens is 1. The van der Waals surface area contributed by atoms with Crippen molar-refractivity contribution in [2.75, 3.05) is 26.2 Å². The van der Waals surface area contributed by atoms with Gasteiger partial charge >= 0.3 is 11.9 Å². The minimum atomic E-state index is -1.37. The minimum absolute atomic E-state index is 0.00991. The summed E-state index contributed by atoms with van der Waals surface area (Å²) in [5.41, 5.74) is 0.906. The fraction of sp³-hybridized carbons (Fsp3) is 0.320. The molecule has 3 heterocycles. The van der Waals surface area contributed by atoms with Crippen molar-refractivity contribution < 1.29 is 23.8 Å². The van der Waals surface area contributed by atoms with E-state index in [-0.39, 0.29) is 11.4 Å². The lowest BCUT2D eigenvalue weighted by Crippen LogP contribution is -2.63. The number of benzene rings is 2. The number of aromatic amines is 1. The summed E-state index contributed by atoms with van der Waals surface area (Å²) in [6.07, 6.45) is 3.09. The third-order valence-corrected chi connectivity index (χ3v) is 7.04. The topological polar surface area (TPSA) is 108 Å². The van der Waals surface area contributed by atoms with Gasteiger partial charge in [-0.1, -0.05) is 12.1 Å². The normalized spacial score (nSPS) is 21.9. The van der Waals surface area contributed by atoms with Gasteiger partial charge in [0.15, 0.2) is 11.5 Å². The van der Waals surface area contributed by atoms with Crippen molar-refractivity contribution in [1.29, 1.82) is 0 Å². The zero-order chi connectivity index (χ0) is 24.0. The predicted molar refractivity (Wildman–Crippen MR) is 126 cm³/mol. The summed E-state index contributed by atoms with van der Waals surface area (Å²) in [5.74, 6) is -1.99. The number of carboxylic acid groups (broad SMARTS) is 1. The highest BCUT2D eigenvalue weighted by Gasteiger charge is 2.48. The number of pyridine rings is 1. The summed E-state index contributed by atoms with van der Waals surface area (Å²) in [5, 5.41) is 12.8. The minimum Gasteiger partial charge on any atom is -0.477 e. The number of carboxylic acids is 1. The van der Waals surface area contributed by atoms with Crippen molar-refractivity contribution in [3.63, 3.8) is 0 Å². The van der Waals surface area contributed by atoms with E-state index in [4.69, 9.17) is 4.74 Å². The second-order valence-corrected chi connectivity index (χ2v) is 8.94. The largest absolute Gasteiger partial charge is 0.477 e. The van der Waals surface area contributed by atoms with Crippen LogP contribution >= 0.6 is 0 Å². The monoisotopic (exact) mass is 466 g/mol. The maximum Gasteiger partial charge on any atom is 0.341 e. The molecular weight excluding hydrogens is 441 g/mol. The Hall–Kier alpha value is -3.56. The average Bonchev–Trinajstić information content (AvgIpc) is 3.23. The van der Waals surface area contributed by atoms with Crippen molar-refractivity contribution in [3.05, 3.63) is 58.1 Å². The van der Waals surface area contributed by atoms with Crippen LogP contribution in [0.25, 0.3) is 22.0 Å². The highest BCUT2D eigenvalue weighted by Crippen LogP contribution is 2.46. The molecule has 2 unspecified atom stereocenters. The number of fused-ring (bicyclic) bond motifs is 2. The molecule has 5 rings (SSSR count). The number of piperazine rings is 1. The molecule has 2 aliphatic rings. The zero-order valence-electron chi connectivity index (χ0n) is 18.7. The van der Waals surface area contributed by atoms with Gasteiger partial charge < -0.3 is 20.1 Å². The Balaban J connectivity index is 1.82. The van der Waals surface area contributed by atoms with E-state index in [0.717, 1.165) is 32.5 Å². The molecule has 3 aromatic rings. The molecule has 3 N–H and O–H groups in total. The molecular formula is C25H25FN3O5+. The molecule has 2 aliphatic heterocycles. The number of nitrogens with zero attached hydrogens (tertiary/aromatic N) is 1. The fourth-order valence-electron chi connectivity index (χ4n) is 5.62. The molecule has 2 saturated heterocycles. The third kappa shape index (κ3) is 3.48. The van der Waals surface area contributed by atoms with Crippen LogP contribution in [0.4, 0.5) is 10.1 Å². The first-order valence-electron chi connectivity index (χ1n) is 11.3. The number of rotatable bonds is 4. The number of nitrogens with one attached hydrogen (secondary N) is 2. The third-order valence-electron chi connectivity index (χ3n) is 7.04. The first-order valence-corrected chi connectivity index (χ1v) is 11.3. The van der Waals surface area contributed by atoms with Gasteiger partial charge in [-0.05, 0) is 23.8 Å². The summed E-state index contributed by atoms with van der Waals surface area (Å²) in [4.78, 5) is 38.8. The van der Waals surface area contributed by atoms with Crippen LogP contribution in [-0.4, -0.2) is 54.2 Å². The lowest BCUT2D eigenvalue weighted by atomic mass is 9.95. The number of carbonyl (C=O) groups is 2. The number of esters is 1. The summed E-state index contributed by atoms with van der Waals surface area (Å²) in [7, 11) is 0. The Labute approximate surface area is 194 Å². The molecule has 0 aliphatic carbocycles. The number of quaternary nitrogens is 1. The van der Waals surface area contributed by atoms with Crippen LogP contribution in [0, 0.1) is 5.82 Å². The highest BCUT2D eigenvalue weighted by molar-refractivity contribution is 6.02. The average molecular weight is 466 g/mol. The molecule has 2 aromatic carbocycles. The number of aromatic carboxylic acids is 1. The Morgan fingerprint density at radius 3 is 2.68 bits per heavy atom. The van der Waals surface area contributed by atoms with Gasteiger partial charge in [-0.25, -0.2) is 9.18 Å². The standard InChI is InChI=1S/C25H24FN3O5/c1-14(30)34-17-6-4-15(5-7-17)21-22-18(24(31)19(13-28-22)25(32)33)11-20(26)23(21)29-9-2-3-16(29)12-27-8-10-29/h4-7,11,13,16,27H,2-3,8-10,12H2,1H3,(H-,28,31,32,33)/p+1. The first kappa shape index (κ1) is 22.2. The van der Waals surface area contributed by atoms with Crippen LogP contribution in [0.15, 0.2) is 41.3 Å². The van der Waals surface area contributed by atoms with Gasteiger partial charge in [-0.15, -0.1) is 0 Å². The molecule has 176 valence electrons. The van der Waals surface area contributed by atoms with E-state index >= 15 is 4.39 Å². The molecule has 0 saturated carbocycles. The Morgan fingerprint density at radius 2 is 1.97 bits per heavy atom. The van der Waals surface area contributed by atoms with Gasteiger partial charge in [0.25, 0.3) is 0 Å². The summed E-state index contributed by atoms with van der Waals surface area (Å²) < 4.78 is 21.7. The molecule has 0 spiro atoms. The van der Waals surface area contributed by atoms with Crippen molar-refractivity contribution >= 4 is 28.5 Å². The van der Waals surface area contributed by atoms with E-state index in [9.17, 15) is 19.5 Å². The van der Waals surface area contributed by atoms with Gasteiger partial charge in [0.2, 0.25) is 5.43 Å². The van der Waals surface area contributed by atoms with E-state index in [2.05, 4.69) is 10.3 Å². The molecule has 2 atom stereocenters. The van der Waals surface area contributed by atoms with Crippen LogP contribution in [0.1, 0.15) is 30.1 Å². The van der Waals surface area contributed by atoms with E-state index in [1.54, 1.807) is 24.3 Å². The van der Waals surface area contributed by atoms with Crippen LogP contribution in [-0.2, 0) is 4.79 Å². The number of aromatic nitrogens is 1. The molecule has 34 heavy (non-hydrogen) atoms. The Kier molecular flexibility index (Phi) is 5.45. The van der Waals surface area contributed by atoms with Gasteiger partial charge in [-0.2, -0.15) is 0 Å². The van der Waals surface area contributed by atoms with Crippen molar-refractivity contribution in [2.45, 2.75) is 25.8 Å². The number of halogens is 1. The molecule has 2 fully saturated rings. The second-order valence-electron chi connectivity index (χ2n) is 8.94. The summed E-state index contributed by atoms with van der Waals surface area (Å²) >= 11 is 0. The van der Waals surface area contributed by atoms with Crippen LogP contribution in [0.3, 0.4) is 0 Å². The molecule has 0 radical (unpaired) electrons. The number of ether oxygens (including phenoxy) is 1. The maximum atomic E-state index is 16.0. The van der Waals surface area contributed by atoms with Crippen LogP contribution in [0.2, 0.25) is 0 Å². The van der Waals surface area contributed by atoms with Crippen LogP contribution in [0.5, 0.6) is 5.75 Å². The van der Waals surface area contributed by atoms with E-state index < -0.39 is 28.7 Å². The number of hydrogen-bond acceptors (Lipinski definition) is 5.